The number of aromatic nitrogens is 3. The summed E-state index contributed by atoms with van der Waals surface area (Å²) in [6, 6.07) is 4.12. The summed E-state index contributed by atoms with van der Waals surface area (Å²) in [6.45, 7) is 1.54. The zero-order valence-electron chi connectivity index (χ0n) is 16.7. The van der Waals surface area contributed by atoms with E-state index in [9.17, 15) is 18.0 Å². The van der Waals surface area contributed by atoms with Crippen LogP contribution in [0.2, 0.25) is 0 Å². The molecule has 0 saturated carbocycles. The molecule has 2 rings (SSSR count). The number of aryl methyl sites for hydroxylation is 1. The summed E-state index contributed by atoms with van der Waals surface area (Å²) in [5.41, 5.74) is -0.215. The van der Waals surface area contributed by atoms with Gasteiger partial charge in [-0.15, -0.1) is 0 Å². The molecule has 0 saturated heterocycles. The number of esters is 1. The molecule has 0 unspecified atom stereocenters. The molecule has 0 atom stereocenters. The van der Waals surface area contributed by atoms with Crippen LogP contribution < -0.4 is 14.8 Å². The summed E-state index contributed by atoms with van der Waals surface area (Å²) in [7, 11) is -1.92. The van der Waals surface area contributed by atoms with Crippen molar-refractivity contribution in [2.45, 2.75) is 11.8 Å². The van der Waals surface area contributed by atoms with Gasteiger partial charge in [0.25, 0.3) is 10.0 Å². The number of hydrogen-bond donors (Lipinski definition) is 2. The summed E-state index contributed by atoms with van der Waals surface area (Å²) in [4.78, 5) is 34.7. The summed E-state index contributed by atoms with van der Waals surface area (Å²) in [5.74, 6) is -0.807. The van der Waals surface area contributed by atoms with Gasteiger partial charge in [0.1, 0.15) is 10.7 Å². The van der Waals surface area contributed by atoms with Crippen molar-refractivity contribution in [1.29, 1.82) is 0 Å². The molecule has 1 aromatic carbocycles. The third-order valence-corrected chi connectivity index (χ3v) is 4.33. The van der Waals surface area contributed by atoms with Gasteiger partial charge in [0.15, 0.2) is 0 Å². The van der Waals surface area contributed by atoms with Crippen molar-refractivity contribution in [3.63, 3.8) is 0 Å². The van der Waals surface area contributed by atoms with Crippen LogP contribution in [0.15, 0.2) is 29.2 Å². The van der Waals surface area contributed by atoms with E-state index in [1.807, 2.05) is 0 Å². The number of methoxy groups -OCH3 is 2. The molecule has 142 valence electrons. The van der Waals surface area contributed by atoms with Crippen LogP contribution in [0.25, 0.3) is 0 Å². The summed E-state index contributed by atoms with van der Waals surface area (Å²) in [5, 5.41) is 2.16. The second-order valence-corrected chi connectivity index (χ2v) is 6.39. The van der Waals surface area contributed by atoms with Gasteiger partial charge >= 0.3 is 28.1 Å². The molecule has 0 bridgehead atoms. The molecule has 1 aromatic heterocycles. The molecule has 27 heavy (non-hydrogen) atoms. The first-order chi connectivity index (χ1) is 12.3. The van der Waals surface area contributed by atoms with E-state index in [2.05, 4.69) is 25.0 Å². The standard InChI is InChI=1S/C14H15N5O6S.Be.2H/c1-8-15-12(18-14(16-8)25-3)17-13(21)19-26(22,23)10-7-5-4-6-9(10)11(20)24-2;;;/h4-7H,1-3H3,(H2,15,16,17,18,19,21);;;/q;+2;2*-1. The van der Waals surface area contributed by atoms with Gasteiger partial charge in [-0.2, -0.15) is 15.0 Å². The Balaban J connectivity index is 0. The zero-order chi connectivity index (χ0) is 19.3. The average Bonchev–Trinajstić information content (AvgIpc) is 2.59. The Labute approximate surface area is 161 Å². The van der Waals surface area contributed by atoms with Crippen LogP contribution in [0.1, 0.15) is 19.0 Å². The van der Waals surface area contributed by atoms with Crippen molar-refractivity contribution in [2.24, 2.45) is 0 Å². The minimum Gasteiger partial charge on any atom is -1.00 e. The Morgan fingerprint density at radius 1 is 1.11 bits per heavy atom. The molecule has 0 aliphatic heterocycles. The molecule has 1 heterocycles. The number of carbonyl (C=O) groups is 2. The Morgan fingerprint density at radius 3 is 2.41 bits per heavy atom. The van der Waals surface area contributed by atoms with Crippen molar-refractivity contribution in [3.05, 3.63) is 35.7 Å². The van der Waals surface area contributed by atoms with Crippen molar-refractivity contribution in [2.75, 3.05) is 19.5 Å². The molecule has 2 amide bonds. The van der Waals surface area contributed by atoms with E-state index in [4.69, 9.17) is 4.74 Å². The monoisotopic (exact) mass is 392 g/mol. The Morgan fingerprint density at radius 2 is 1.78 bits per heavy atom. The van der Waals surface area contributed by atoms with Crippen molar-refractivity contribution in [1.82, 2.24) is 19.7 Å². The molecule has 0 aliphatic carbocycles. The van der Waals surface area contributed by atoms with Crippen molar-refractivity contribution in [3.8, 4) is 6.01 Å². The number of benzene rings is 1. The van der Waals surface area contributed by atoms with Gasteiger partial charge in [-0.05, 0) is 19.1 Å². The number of nitrogens with one attached hydrogen (secondary N) is 2. The fourth-order valence-corrected chi connectivity index (χ4v) is 2.99. The van der Waals surface area contributed by atoms with Gasteiger partial charge in [-0.1, -0.05) is 12.1 Å². The maximum absolute atomic E-state index is 12.4. The number of carbonyl (C=O) groups excluding carboxylic acids is 2. The van der Waals surface area contributed by atoms with E-state index in [-0.39, 0.29) is 36.3 Å². The van der Waals surface area contributed by atoms with Gasteiger partial charge in [-0.25, -0.2) is 22.7 Å². The number of urea groups is 1. The second-order valence-electron chi connectivity index (χ2n) is 4.74. The Bertz CT molecular complexity index is 963. The molecule has 2 aromatic rings. The number of amides is 2. The van der Waals surface area contributed by atoms with Crippen LogP contribution in [-0.2, 0) is 14.8 Å². The number of hydrogen-bond acceptors (Lipinski definition) is 9. The largest absolute Gasteiger partial charge is 2.00 e. The first kappa shape index (κ1) is 21.9. The molecular formula is C14H17BeN5O6S. The number of rotatable bonds is 5. The van der Waals surface area contributed by atoms with Crippen LogP contribution >= 0.6 is 0 Å². The first-order valence-electron chi connectivity index (χ1n) is 7.04. The number of ether oxygens (including phenoxy) is 2. The Hall–Kier alpha value is -3.11. The van der Waals surface area contributed by atoms with E-state index in [0.29, 0.717) is 0 Å². The molecule has 2 N–H and O–H groups in total. The maximum Gasteiger partial charge on any atom is 2.00 e. The van der Waals surface area contributed by atoms with Crippen LogP contribution in [0.3, 0.4) is 0 Å². The van der Waals surface area contributed by atoms with E-state index in [1.54, 1.807) is 4.72 Å². The molecule has 13 heteroatoms. The zero-order valence-corrected chi connectivity index (χ0v) is 15.5. The van der Waals surface area contributed by atoms with E-state index >= 15 is 0 Å². The third kappa shape index (κ3) is 5.43. The maximum atomic E-state index is 12.4. The van der Waals surface area contributed by atoms with E-state index in [0.717, 1.165) is 13.2 Å². The van der Waals surface area contributed by atoms with Crippen LogP contribution in [0.5, 0.6) is 6.01 Å². The fraction of sp³-hybridized carbons (Fsp3) is 0.214. The Kier molecular flexibility index (Phi) is 7.32. The molecule has 0 radical (unpaired) electrons. The van der Waals surface area contributed by atoms with Crippen LogP contribution in [-0.4, -0.2) is 59.7 Å². The molecule has 0 spiro atoms. The predicted molar refractivity (Wildman–Crippen MR) is 96.2 cm³/mol. The molecule has 11 nitrogen and oxygen atoms in total. The second kappa shape index (κ2) is 9.01. The van der Waals surface area contributed by atoms with Crippen molar-refractivity contribution < 1.29 is 30.3 Å². The fourth-order valence-electron chi connectivity index (χ4n) is 1.89. The predicted octanol–water partition coefficient (Wildman–Crippen LogP) is 0.330. The van der Waals surface area contributed by atoms with E-state index < -0.39 is 26.9 Å². The molecule has 0 aliphatic rings. The molecular weight excluding hydrogens is 375 g/mol. The van der Waals surface area contributed by atoms with Gasteiger partial charge in [-0.3, -0.25) is 5.32 Å². The average molecular weight is 392 g/mol. The number of nitrogens with zero attached hydrogens (tertiary/aromatic N) is 3. The quantitative estimate of drug-likeness (QED) is 0.542. The summed E-state index contributed by atoms with van der Waals surface area (Å²) < 4.78 is 36.0. The van der Waals surface area contributed by atoms with Gasteiger partial charge in [0, 0.05) is 0 Å². The third-order valence-electron chi connectivity index (χ3n) is 2.94. The van der Waals surface area contributed by atoms with Gasteiger partial charge < -0.3 is 12.3 Å². The van der Waals surface area contributed by atoms with Gasteiger partial charge in [0.05, 0.1) is 19.8 Å². The van der Waals surface area contributed by atoms with E-state index in [1.165, 1.54) is 32.2 Å². The topological polar surface area (TPSA) is 149 Å². The minimum atomic E-state index is -4.36. The minimum absolute atomic E-state index is 0. The summed E-state index contributed by atoms with van der Waals surface area (Å²) >= 11 is 0. The smallest absolute Gasteiger partial charge is 1.00 e. The summed E-state index contributed by atoms with van der Waals surface area (Å²) in [6.07, 6.45) is 0. The normalized spacial score (nSPS) is 10.3. The molecule has 0 fully saturated rings. The van der Waals surface area contributed by atoms with Gasteiger partial charge in [0.2, 0.25) is 5.95 Å². The SMILES string of the molecule is COC(=O)c1ccccc1S(=O)(=O)NC(=O)Nc1nc(C)nc(OC)n1.[Be+2].[H-].[H-]. The number of sulfonamides is 1. The van der Waals surface area contributed by atoms with Crippen molar-refractivity contribution >= 4 is 38.1 Å². The van der Waals surface area contributed by atoms with Crippen LogP contribution in [0.4, 0.5) is 10.7 Å². The number of anilines is 1. The first-order valence-corrected chi connectivity index (χ1v) is 8.53. The van der Waals surface area contributed by atoms with Crippen LogP contribution in [0, 0.1) is 6.92 Å².